The molecule has 6 rings (SSSR count). The van der Waals surface area contributed by atoms with E-state index in [-0.39, 0.29) is 10.4 Å². The van der Waals surface area contributed by atoms with Crippen molar-refractivity contribution < 1.29 is 9.00 Å². The van der Waals surface area contributed by atoms with Crippen LogP contribution in [0.25, 0.3) is 0 Å². The van der Waals surface area contributed by atoms with Crippen LogP contribution in [0.3, 0.4) is 0 Å². The van der Waals surface area contributed by atoms with Gasteiger partial charge in [-0.3, -0.25) is 9.67 Å². The molecule has 1 saturated carbocycles. The van der Waals surface area contributed by atoms with E-state index in [0.717, 1.165) is 66.9 Å². The van der Waals surface area contributed by atoms with E-state index in [9.17, 15) is 9.00 Å². The van der Waals surface area contributed by atoms with Gasteiger partial charge in [-0.15, -0.1) is 4.36 Å². The lowest BCUT2D eigenvalue weighted by molar-refractivity contribution is 0.260. The molecule has 4 aliphatic rings. The molecule has 0 bridgehead atoms. The number of amides is 2. The van der Waals surface area contributed by atoms with Crippen molar-refractivity contribution in [3.63, 3.8) is 0 Å². The average Bonchev–Trinajstić information content (AvgIpc) is 3.07. The highest BCUT2D eigenvalue weighted by atomic mass is 32.2. The van der Waals surface area contributed by atoms with Gasteiger partial charge in [-0.1, -0.05) is 0 Å². The highest BCUT2D eigenvalue weighted by Gasteiger charge is 2.51. The fourth-order valence-electron chi connectivity index (χ4n) is 5.19. The fourth-order valence-corrected chi connectivity index (χ4v) is 6.09. The molecule has 10 heteroatoms. The molecule has 3 heterocycles. The van der Waals surface area contributed by atoms with Crippen LogP contribution in [0.4, 0.5) is 10.5 Å². The number of rotatable bonds is 2. The van der Waals surface area contributed by atoms with Crippen LogP contribution in [0.5, 0.6) is 0 Å². The zero-order chi connectivity index (χ0) is 20.5. The van der Waals surface area contributed by atoms with E-state index >= 15 is 0 Å². The third-order valence-corrected chi connectivity index (χ3v) is 8.17. The summed E-state index contributed by atoms with van der Waals surface area (Å²) in [6.07, 6.45) is 7.27. The summed E-state index contributed by atoms with van der Waals surface area (Å²) in [5, 5.41) is 16.6. The molecule has 0 saturated heterocycles. The van der Waals surface area contributed by atoms with Crippen LogP contribution in [0, 0.1) is 0 Å². The number of anilines is 1. The van der Waals surface area contributed by atoms with Crippen molar-refractivity contribution in [2.45, 2.75) is 68.5 Å². The molecule has 1 fully saturated rings. The van der Waals surface area contributed by atoms with Gasteiger partial charge in [0.1, 0.15) is 0 Å². The summed E-state index contributed by atoms with van der Waals surface area (Å²) < 4.78 is 18.7. The first-order valence-corrected chi connectivity index (χ1v) is 12.2. The van der Waals surface area contributed by atoms with Gasteiger partial charge < -0.3 is 10.6 Å². The summed E-state index contributed by atoms with van der Waals surface area (Å²) in [7, 11) is -3.42. The Bertz CT molecular complexity index is 1180. The van der Waals surface area contributed by atoms with Crippen LogP contribution in [0.1, 0.15) is 53.9 Å². The SMILES string of the molecule is NS(=O)(=NC(=O)Nc1c2c(nc3c1CCC31CC1)CCC2)c1cc2n(n1)CCNC2. The molecule has 1 spiro atoms. The number of aryl methyl sites for hydroxylation is 1. The minimum Gasteiger partial charge on any atom is -0.309 e. The average molecular weight is 428 g/mol. The lowest BCUT2D eigenvalue weighted by atomic mass is 10.0. The van der Waals surface area contributed by atoms with Crippen LogP contribution < -0.4 is 15.8 Å². The third-order valence-electron chi connectivity index (χ3n) is 6.93. The molecule has 1 aliphatic heterocycles. The number of nitrogens with one attached hydrogen (secondary N) is 2. The minimum atomic E-state index is -3.42. The summed E-state index contributed by atoms with van der Waals surface area (Å²) >= 11 is 0. The molecule has 1 atom stereocenters. The van der Waals surface area contributed by atoms with E-state index in [1.165, 1.54) is 18.5 Å². The maximum atomic E-state index is 13.0. The molecule has 0 aromatic carbocycles. The van der Waals surface area contributed by atoms with E-state index in [1.807, 2.05) is 0 Å². The quantitative estimate of drug-likeness (QED) is 0.673. The number of urea groups is 1. The summed E-state index contributed by atoms with van der Waals surface area (Å²) in [4.78, 5) is 17.8. The Kier molecular flexibility index (Phi) is 3.91. The molecule has 0 radical (unpaired) electrons. The van der Waals surface area contributed by atoms with Gasteiger partial charge >= 0.3 is 6.03 Å². The van der Waals surface area contributed by atoms with E-state index in [4.69, 9.17) is 10.1 Å². The van der Waals surface area contributed by atoms with E-state index in [0.29, 0.717) is 13.1 Å². The van der Waals surface area contributed by atoms with Crippen molar-refractivity contribution in [1.82, 2.24) is 20.1 Å². The normalized spacial score (nSPS) is 22.2. The van der Waals surface area contributed by atoms with Gasteiger partial charge in [-0.05, 0) is 62.1 Å². The van der Waals surface area contributed by atoms with Crippen molar-refractivity contribution in [2.75, 3.05) is 11.9 Å². The monoisotopic (exact) mass is 427 g/mol. The van der Waals surface area contributed by atoms with Gasteiger partial charge in [0.25, 0.3) is 0 Å². The fraction of sp³-hybridized carbons (Fsp3) is 0.550. The number of pyridine rings is 1. The zero-order valence-corrected chi connectivity index (χ0v) is 17.6. The van der Waals surface area contributed by atoms with Crippen molar-refractivity contribution in [3.05, 3.63) is 34.3 Å². The predicted molar refractivity (Wildman–Crippen MR) is 111 cm³/mol. The maximum Gasteiger partial charge on any atom is 0.354 e. The molecule has 158 valence electrons. The molecule has 2 aromatic rings. The Hall–Kier alpha value is -2.30. The Labute approximate surface area is 175 Å². The Balaban J connectivity index is 1.34. The topological polar surface area (TPSA) is 127 Å². The number of nitrogens with two attached hydrogens (primary N) is 1. The number of carbonyl (C=O) groups is 1. The number of aromatic nitrogens is 3. The summed E-state index contributed by atoms with van der Waals surface area (Å²) in [6.45, 7) is 2.09. The zero-order valence-electron chi connectivity index (χ0n) is 16.7. The van der Waals surface area contributed by atoms with Crippen LogP contribution in [0.15, 0.2) is 15.5 Å². The molecule has 30 heavy (non-hydrogen) atoms. The van der Waals surface area contributed by atoms with Crippen molar-refractivity contribution in [3.8, 4) is 0 Å². The Morgan fingerprint density at radius 3 is 2.93 bits per heavy atom. The van der Waals surface area contributed by atoms with Gasteiger partial charge in [0.2, 0.25) is 0 Å². The first-order chi connectivity index (χ1) is 14.5. The first-order valence-electron chi connectivity index (χ1n) is 10.6. The van der Waals surface area contributed by atoms with Gasteiger partial charge in [0, 0.05) is 24.2 Å². The third kappa shape index (κ3) is 2.81. The Morgan fingerprint density at radius 1 is 1.27 bits per heavy atom. The highest BCUT2D eigenvalue weighted by Crippen LogP contribution is 2.58. The minimum absolute atomic E-state index is 0.151. The number of hydrogen-bond acceptors (Lipinski definition) is 5. The van der Waals surface area contributed by atoms with Crippen LogP contribution >= 0.6 is 0 Å². The molecule has 3 aliphatic carbocycles. The second-order valence-electron chi connectivity index (χ2n) is 8.84. The van der Waals surface area contributed by atoms with Crippen molar-refractivity contribution in [1.29, 1.82) is 0 Å². The molecular weight excluding hydrogens is 402 g/mol. The van der Waals surface area contributed by atoms with E-state index in [2.05, 4.69) is 20.1 Å². The Morgan fingerprint density at radius 2 is 2.13 bits per heavy atom. The molecule has 4 N–H and O–H groups in total. The van der Waals surface area contributed by atoms with Gasteiger partial charge in [0.15, 0.2) is 14.9 Å². The summed E-state index contributed by atoms with van der Waals surface area (Å²) in [6, 6.07) is 0.995. The number of nitrogens with zero attached hydrogens (tertiary/aromatic N) is 4. The van der Waals surface area contributed by atoms with Gasteiger partial charge in [0.05, 0.1) is 23.6 Å². The van der Waals surface area contributed by atoms with E-state index < -0.39 is 15.9 Å². The van der Waals surface area contributed by atoms with Crippen LogP contribution in [-0.2, 0) is 47.7 Å². The maximum absolute atomic E-state index is 13.0. The first kappa shape index (κ1) is 18.5. The molecular formula is C20H25N7O2S. The molecule has 2 aromatic heterocycles. The van der Waals surface area contributed by atoms with Crippen LogP contribution in [0.2, 0.25) is 0 Å². The smallest absolute Gasteiger partial charge is 0.309 e. The predicted octanol–water partition coefficient (Wildman–Crippen LogP) is 1.78. The second kappa shape index (κ2) is 6.35. The second-order valence-corrected chi connectivity index (χ2v) is 10.6. The largest absolute Gasteiger partial charge is 0.354 e. The summed E-state index contributed by atoms with van der Waals surface area (Å²) in [5.74, 6) is 0. The number of carbonyl (C=O) groups excluding carboxylic acids is 1. The van der Waals surface area contributed by atoms with Crippen molar-refractivity contribution in [2.24, 2.45) is 9.50 Å². The van der Waals surface area contributed by atoms with Crippen molar-refractivity contribution >= 4 is 21.6 Å². The number of hydrogen-bond donors (Lipinski definition) is 3. The molecule has 2 amide bonds. The van der Waals surface area contributed by atoms with Crippen LogP contribution in [-0.4, -0.2) is 31.5 Å². The van der Waals surface area contributed by atoms with Gasteiger partial charge in [-0.2, -0.15) is 5.10 Å². The summed E-state index contributed by atoms with van der Waals surface area (Å²) in [5.41, 5.74) is 6.49. The van der Waals surface area contributed by atoms with Gasteiger partial charge in [-0.25, -0.2) is 14.1 Å². The highest BCUT2D eigenvalue weighted by molar-refractivity contribution is 7.91. The molecule has 1 unspecified atom stereocenters. The number of fused-ring (bicyclic) bond motifs is 4. The standard InChI is InChI=1S/C20H25N7O2S/c21-30(29,16-10-12-11-22-8-9-27(12)25-16)26-19(28)24-17-13-2-1-3-15(13)23-18-14(17)4-5-20(18)6-7-20/h10,22H,1-9,11H2,(H3,21,23,24,26,28,29). The lowest BCUT2D eigenvalue weighted by Crippen LogP contribution is -2.28. The lowest BCUT2D eigenvalue weighted by Gasteiger charge is -2.16. The molecule has 9 nitrogen and oxygen atoms in total. The van der Waals surface area contributed by atoms with E-state index in [1.54, 1.807) is 10.7 Å².